The molecule has 0 bridgehead atoms. The van der Waals surface area contributed by atoms with Crippen molar-refractivity contribution in [2.24, 2.45) is 5.73 Å². The van der Waals surface area contributed by atoms with Gasteiger partial charge < -0.3 is 10.8 Å². The molecule has 1 aromatic carbocycles. The third kappa shape index (κ3) is 3.99. The first-order valence-corrected chi connectivity index (χ1v) is 10.1. The number of carbonyl (C=O) groups is 1. The third-order valence-corrected chi connectivity index (χ3v) is 5.93. The van der Waals surface area contributed by atoms with Gasteiger partial charge in [-0.05, 0) is 55.5 Å². The summed E-state index contributed by atoms with van der Waals surface area (Å²) in [4.78, 5) is 27.7. The molecule has 3 N–H and O–H groups in total. The van der Waals surface area contributed by atoms with Crippen LogP contribution in [-0.2, 0) is 5.54 Å². The number of aromatic nitrogens is 3. The number of rotatable bonds is 4. The fraction of sp³-hybridized carbons (Fsp3) is 0.273. The largest absolute Gasteiger partial charge is 0.478 e. The monoisotopic (exact) mass is 424 g/mol. The molecular weight excluding hydrogens is 404 g/mol. The fourth-order valence-electron chi connectivity index (χ4n) is 3.99. The Labute approximate surface area is 178 Å². The molecule has 8 heteroatoms. The summed E-state index contributed by atoms with van der Waals surface area (Å²) in [5, 5.41) is 14.3. The van der Waals surface area contributed by atoms with E-state index in [2.05, 4.69) is 10.1 Å². The van der Waals surface area contributed by atoms with Gasteiger partial charge in [0.15, 0.2) is 0 Å². The molecule has 1 aliphatic carbocycles. The van der Waals surface area contributed by atoms with Crippen molar-refractivity contribution < 1.29 is 9.90 Å². The van der Waals surface area contributed by atoms with Crippen LogP contribution in [0.1, 0.15) is 47.6 Å². The molecule has 1 fully saturated rings. The van der Waals surface area contributed by atoms with Crippen molar-refractivity contribution in [3.05, 3.63) is 81.4 Å². The van der Waals surface area contributed by atoms with E-state index in [0.717, 1.165) is 5.56 Å². The predicted molar refractivity (Wildman–Crippen MR) is 114 cm³/mol. The molecule has 1 saturated carbocycles. The number of hydrogen-bond acceptors (Lipinski definition) is 5. The molecule has 3 aromatic rings. The Kier molecular flexibility index (Phi) is 5.40. The van der Waals surface area contributed by atoms with E-state index < -0.39 is 11.5 Å². The van der Waals surface area contributed by atoms with E-state index >= 15 is 0 Å². The van der Waals surface area contributed by atoms with Crippen LogP contribution in [0.5, 0.6) is 0 Å². The summed E-state index contributed by atoms with van der Waals surface area (Å²) in [5.74, 6) is -1.06. The fourth-order valence-corrected chi connectivity index (χ4v) is 4.18. The molecular formula is C22H21ClN4O3. The first-order valence-electron chi connectivity index (χ1n) is 9.69. The van der Waals surface area contributed by atoms with Crippen LogP contribution in [0.25, 0.3) is 11.3 Å². The molecule has 2 aromatic heterocycles. The summed E-state index contributed by atoms with van der Waals surface area (Å²) in [5.41, 5.74) is 8.10. The molecule has 0 aliphatic heterocycles. The minimum atomic E-state index is -1.06. The lowest BCUT2D eigenvalue weighted by Crippen LogP contribution is -2.42. The molecule has 154 valence electrons. The van der Waals surface area contributed by atoms with Gasteiger partial charge in [0, 0.05) is 34.6 Å². The van der Waals surface area contributed by atoms with Crippen molar-refractivity contribution in [2.45, 2.75) is 37.3 Å². The molecule has 2 heterocycles. The van der Waals surface area contributed by atoms with E-state index in [4.69, 9.17) is 17.3 Å². The van der Waals surface area contributed by atoms with E-state index in [1.807, 2.05) is 24.3 Å². The first-order chi connectivity index (χ1) is 14.4. The average Bonchev–Trinajstić information content (AvgIpc) is 2.75. The van der Waals surface area contributed by atoms with Gasteiger partial charge in [-0.3, -0.25) is 9.78 Å². The second-order valence-electron chi connectivity index (χ2n) is 7.67. The van der Waals surface area contributed by atoms with Crippen molar-refractivity contribution >= 4 is 17.6 Å². The van der Waals surface area contributed by atoms with Crippen LogP contribution in [0.3, 0.4) is 0 Å². The summed E-state index contributed by atoms with van der Waals surface area (Å²) in [6.07, 6.45) is 5.62. The topological polar surface area (TPSA) is 111 Å². The van der Waals surface area contributed by atoms with Crippen LogP contribution in [0, 0.1) is 0 Å². The maximum atomic E-state index is 12.5. The number of nitrogens with two attached hydrogens (primary N) is 1. The molecule has 30 heavy (non-hydrogen) atoms. The van der Waals surface area contributed by atoms with Crippen molar-refractivity contribution in [3.63, 3.8) is 0 Å². The molecule has 0 saturated heterocycles. The molecule has 0 spiro atoms. The van der Waals surface area contributed by atoms with Gasteiger partial charge in [-0.2, -0.15) is 5.10 Å². The number of aromatic carboxylic acids is 1. The SMILES string of the molecule is N[C@]1(c2cccc(Cl)c2)CC[C@H](n2nc(-c3cncc(C(=O)O)c3)ccc2=O)CC1. The lowest BCUT2D eigenvalue weighted by molar-refractivity contribution is 0.0696. The van der Waals surface area contributed by atoms with E-state index in [0.29, 0.717) is 42.0 Å². The van der Waals surface area contributed by atoms with Gasteiger partial charge in [0.25, 0.3) is 5.56 Å². The number of carboxylic acids is 1. The zero-order valence-corrected chi connectivity index (χ0v) is 16.9. The molecule has 1 aliphatic rings. The van der Waals surface area contributed by atoms with Gasteiger partial charge in [0.05, 0.1) is 17.3 Å². The van der Waals surface area contributed by atoms with Crippen molar-refractivity contribution in [2.75, 3.05) is 0 Å². The Morgan fingerprint density at radius 1 is 1.17 bits per heavy atom. The zero-order chi connectivity index (χ0) is 21.3. The average molecular weight is 425 g/mol. The molecule has 7 nitrogen and oxygen atoms in total. The number of halogens is 1. The van der Waals surface area contributed by atoms with E-state index in [-0.39, 0.29) is 17.2 Å². The highest BCUT2D eigenvalue weighted by Crippen LogP contribution is 2.39. The Bertz CT molecular complexity index is 1150. The Balaban J connectivity index is 1.58. The van der Waals surface area contributed by atoms with Gasteiger partial charge in [0.2, 0.25) is 0 Å². The van der Waals surface area contributed by atoms with Crippen LogP contribution in [0.4, 0.5) is 0 Å². The second-order valence-corrected chi connectivity index (χ2v) is 8.10. The Morgan fingerprint density at radius 2 is 1.93 bits per heavy atom. The summed E-state index contributed by atoms with van der Waals surface area (Å²) >= 11 is 6.12. The summed E-state index contributed by atoms with van der Waals surface area (Å²) < 4.78 is 1.49. The third-order valence-electron chi connectivity index (χ3n) is 5.70. The highest BCUT2D eigenvalue weighted by atomic mass is 35.5. The van der Waals surface area contributed by atoms with Gasteiger partial charge in [-0.25, -0.2) is 9.48 Å². The first kappa shape index (κ1) is 20.3. The molecule has 0 amide bonds. The van der Waals surface area contributed by atoms with E-state index in [9.17, 15) is 14.7 Å². The highest BCUT2D eigenvalue weighted by Gasteiger charge is 2.34. The smallest absolute Gasteiger partial charge is 0.337 e. The molecule has 0 unspecified atom stereocenters. The van der Waals surface area contributed by atoms with Crippen LogP contribution in [0.15, 0.2) is 59.7 Å². The minimum Gasteiger partial charge on any atom is -0.478 e. The minimum absolute atomic E-state index is 0.0687. The molecule has 4 rings (SSSR count). The highest BCUT2D eigenvalue weighted by molar-refractivity contribution is 6.30. The lowest BCUT2D eigenvalue weighted by Gasteiger charge is -2.37. The predicted octanol–water partition coefficient (Wildman–Crippen LogP) is 3.63. The van der Waals surface area contributed by atoms with Gasteiger partial charge >= 0.3 is 5.97 Å². The zero-order valence-electron chi connectivity index (χ0n) is 16.2. The molecule has 0 atom stereocenters. The Morgan fingerprint density at radius 3 is 2.63 bits per heavy atom. The number of pyridine rings is 1. The lowest BCUT2D eigenvalue weighted by atomic mass is 9.75. The van der Waals surface area contributed by atoms with Crippen molar-refractivity contribution in [1.82, 2.24) is 14.8 Å². The summed E-state index contributed by atoms with van der Waals surface area (Å²) in [6.45, 7) is 0. The number of carboxylic acid groups (broad SMARTS) is 1. The van der Waals surface area contributed by atoms with Crippen molar-refractivity contribution in [3.8, 4) is 11.3 Å². The van der Waals surface area contributed by atoms with E-state index in [1.165, 1.54) is 29.2 Å². The Hall–Kier alpha value is -3.03. The van der Waals surface area contributed by atoms with Gasteiger partial charge in [-0.1, -0.05) is 23.7 Å². The van der Waals surface area contributed by atoms with Crippen LogP contribution in [-0.4, -0.2) is 25.8 Å². The van der Waals surface area contributed by atoms with Crippen LogP contribution in [0.2, 0.25) is 5.02 Å². The molecule has 0 radical (unpaired) electrons. The maximum absolute atomic E-state index is 12.5. The van der Waals surface area contributed by atoms with E-state index in [1.54, 1.807) is 6.07 Å². The van der Waals surface area contributed by atoms with Gasteiger partial charge in [0.1, 0.15) is 0 Å². The number of hydrogen-bond donors (Lipinski definition) is 2. The normalized spacial score (nSPS) is 21.3. The second kappa shape index (κ2) is 8.01. The maximum Gasteiger partial charge on any atom is 0.337 e. The van der Waals surface area contributed by atoms with Crippen molar-refractivity contribution in [1.29, 1.82) is 0 Å². The quantitative estimate of drug-likeness (QED) is 0.661. The summed E-state index contributed by atoms with van der Waals surface area (Å²) in [6, 6.07) is 12.1. The van der Waals surface area contributed by atoms with Crippen LogP contribution < -0.4 is 11.3 Å². The van der Waals surface area contributed by atoms with Crippen LogP contribution >= 0.6 is 11.6 Å². The standard InChI is InChI=1S/C22H21ClN4O3/c23-17-3-1-2-16(11-17)22(24)8-6-18(7-9-22)27-20(28)5-4-19(26-27)14-10-15(21(29)30)13-25-12-14/h1-5,10-13,18H,6-9,24H2,(H,29,30)/t18-,22+. The number of benzene rings is 1. The number of nitrogens with zero attached hydrogens (tertiary/aromatic N) is 3. The van der Waals surface area contributed by atoms with Gasteiger partial charge in [-0.15, -0.1) is 0 Å². The summed E-state index contributed by atoms with van der Waals surface area (Å²) in [7, 11) is 0.